The van der Waals surface area contributed by atoms with E-state index in [2.05, 4.69) is 32.7 Å². The number of amides is 2. The van der Waals surface area contributed by atoms with E-state index in [0.717, 1.165) is 35.5 Å². The number of anilines is 1. The Morgan fingerprint density at radius 2 is 1.67 bits per heavy atom. The molecule has 0 spiro atoms. The van der Waals surface area contributed by atoms with Crippen LogP contribution in [0.25, 0.3) is 11.1 Å². The van der Waals surface area contributed by atoms with E-state index >= 15 is 0 Å². The zero-order chi connectivity index (χ0) is 24.9. The molecular weight excluding hydrogens is 450 g/mol. The van der Waals surface area contributed by atoms with Gasteiger partial charge < -0.3 is 10.6 Å². The van der Waals surface area contributed by atoms with E-state index in [4.69, 9.17) is 0 Å². The number of nitrogens with zero attached hydrogens (tertiary/aromatic N) is 2. The summed E-state index contributed by atoms with van der Waals surface area (Å²) < 4.78 is 0. The summed E-state index contributed by atoms with van der Waals surface area (Å²) in [4.78, 5) is 27.5. The SMILES string of the molecule is CC(CNC(=O)c1ccc(-c2ccc(CC(=O)Nc3cc(C4CC4)[nH]n3)cc2)cc1)N1CCCCC1. The van der Waals surface area contributed by atoms with Crippen molar-refractivity contribution in [3.8, 4) is 11.1 Å². The summed E-state index contributed by atoms with van der Waals surface area (Å²) in [5.41, 5.74) is 4.79. The highest BCUT2D eigenvalue weighted by Gasteiger charge is 2.25. The summed E-state index contributed by atoms with van der Waals surface area (Å²) in [6.45, 7) is 5.10. The van der Waals surface area contributed by atoms with E-state index in [1.165, 1.54) is 32.1 Å². The molecular formula is C29H35N5O2. The van der Waals surface area contributed by atoms with Crippen molar-refractivity contribution in [1.82, 2.24) is 20.4 Å². The normalized spacial score (nSPS) is 16.9. The summed E-state index contributed by atoms with van der Waals surface area (Å²) >= 11 is 0. The van der Waals surface area contributed by atoms with Crippen LogP contribution in [0.4, 0.5) is 5.82 Å². The molecule has 1 atom stereocenters. The topological polar surface area (TPSA) is 90.1 Å². The number of H-pyrrole nitrogens is 1. The second-order valence-electron chi connectivity index (χ2n) is 10.1. The van der Waals surface area contributed by atoms with Crippen molar-refractivity contribution in [2.24, 2.45) is 0 Å². The van der Waals surface area contributed by atoms with Gasteiger partial charge in [0, 0.05) is 35.8 Å². The fraction of sp³-hybridized carbons (Fsp3) is 0.414. The largest absolute Gasteiger partial charge is 0.350 e. The number of likely N-dealkylation sites (tertiary alicyclic amines) is 1. The Hall–Kier alpha value is -3.45. The van der Waals surface area contributed by atoms with Gasteiger partial charge in [0.25, 0.3) is 5.91 Å². The summed E-state index contributed by atoms with van der Waals surface area (Å²) in [6, 6.07) is 17.9. The van der Waals surface area contributed by atoms with Crippen LogP contribution < -0.4 is 10.6 Å². The number of carbonyl (C=O) groups excluding carboxylic acids is 2. The smallest absolute Gasteiger partial charge is 0.251 e. The van der Waals surface area contributed by atoms with Crippen molar-refractivity contribution in [1.29, 1.82) is 0 Å². The highest BCUT2D eigenvalue weighted by Crippen LogP contribution is 2.39. The van der Waals surface area contributed by atoms with Gasteiger partial charge in [0.15, 0.2) is 5.82 Å². The molecule has 2 amide bonds. The van der Waals surface area contributed by atoms with Crippen molar-refractivity contribution < 1.29 is 9.59 Å². The summed E-state index contributed by atoms with van der Waals surface area (Å²) in [6.07, 6.45) is 6.49. The number of carbonyl (C=O) groups is 2. The lowest BCUT2D eigenvalue weighted by atomic mass is 10.0. The minimum atomic E-state index is -0.0819. The summed E-state index contributed by atoms with van der Waals surface area (Å²) in [5.74, 6) is 1.05. The molecule has 3 aromatic rings. The second kappa shape index (κ2) is 11.1. The molecule has 2 fully saturated rings. The van der Waals surface area contributed by atoms with Crippen molar-refractivity contribution >= 4 is 17.6 Å². The fourth-order valence-electron chi connectivity index (χ4n) is 4.84. The number of piperidine rings is 1. The molecule has 1 unspecified atom stereocenters. The van der Waals surface area contributed by atoms with E-state index < -0.39 is 0 Å². The van der Waals surface area contributed by atoms with E-state index in [0.29, 0.717) is 36.3 Å². The van der Waals surface area contributed by atoms with Gasteiger partial charge in [-0.15, -0.1) is 0 Å². The summed E-state index contributed by atoms with van der Waals surface area (Å²) in [7, 11) is 0. The van der Waals surface area contributed by atoms with Crippen LogP contribution in [0.15, 0.2) is 54.6 Å². The standard InChI is InChI=1S/C29H35N5O2/c1-20(34-15-3-2-4-16-34)19-30-29(36)25-13-9-23(10-14-25)22-7-5-21(6-8-22)17-28(35)31-27-18-26(32-33-27)24-11-12-24/h5-10,13-14,18,20,24H,2-4,11-12,15-17,19H2,1H3,(H,30,36)(H2,31,32,33,35). The van der Waals surface area contributed by atoms with Crippen LogP contribution in [-0.4, -0.2) is 52.6 Å². The quantitative estimate of drug-likeness (QED) is 0.408. The first-order valence-electron chi connectivity index (χ1n) is 13.1. The predicted molar refractivity (Wildman–Crippen MR) is 142 cm³/mol. The van der Waals surface area contributed by atoms with Crippen molar-refractivity contribution in [3.63, 3.8) is 0 Å². The van der Waals surface area contributed by atoms with Crippen molar-refractivity contribution in [3.05, 3.63) is 71.4 Å². The Bertz CT molecular complexity index is 1180. The first-order chi connectivity index (χ1) is 17.5. The molecule has 1 aliphatic carbocycles. The molecule has 36 heavy (non-hydrogen) atoms. The molecule has 0 radical (unpaired) electrons. The molecule has 1 aromatic heterocycles. The lowest BCUT2D eigenvalue weighted by Gasteiger charge is -2.32. The van der Waals surface area contributed by atoms with Gasteiger partial charge >= 0.3 is 0 Å². The number of aromatic amines is 1. The van der Waals surface area contributed by atoms with E-state index in [9.17, 15) is 9.59 Å². The van der Waals surface area contributed by atoms with Gasteiger partial charge in [0.05, 0.1) is 6.42 Å². The molecule has 2 heterocycles. The number of aromatic nitrogens is 2. The molecule has 1 saturated carbocycles. The predicted octanol–water partition coefficient (Wildman–Crippen LogP) is 4.74. The first-order valence-corrected chi connectivity index (χ1v) is 13.1. The van der Waals surface area contributed by atoms with Gasteiger partial charge in [-0.05, 0) is 74.5 Å². The second-order valence-corrected chi connectivity index (χ2v) is 10.1. The average molecular weight is 486 g/mol. The van der Waals surface area contributed by atoms with Crippen molar-refractivity contribution in [2.45, 2.75) is 57.4 Å². The van der Waals surface area contributed by atoms with E-state index in [-0.39, 0.29) is 11.8 Å². The van der Waals surface area contributed by atoms with Crippen LogP contribution in [-0.2, 0) is 11.2 Å². The Kier molecular flexibility index (Phi) is 7.47. The van der Waals surface area contributed by atoms with E-state index in [1.54, 1.807) is 0 Å². The van der Waals surface area contributed by atoms with Gasteiger partial charge in [-0.1, -0.05) is 42.8 Å². The minimum absolute atomic E-state index is 0.0343. The molecule has 1 aliphatic heterocycles. The van der Waals surface area contributed by atoms with Gasteiger partial charge in [0.1, 0.15) is 0 Å². The molecule has 7 nitrogen and oxygen atoms in total. The van der Waals surface area contributed by atoms with Crippen LogP contribution in [0.3, 0.4) is 0 Å². The van der Waals surface area contributed by atoms with Crippen LogP contribution in [0.5, 0.6) is 0 Å². The molecule has 188 valence electrons. The molecule has 1 saturated heterocycles. The minimum Gasteiger partial charge on any atom is -0.350 e. The Morgan fingerprint density at radius 1 is 1.00 bits per heavy atom. The maximum absolute atomic E-state index is 12.6. The number of benzene rings is 2. The van der Waals surface area contributed by atoms with Gasteiger partial charge in [-0.2, -0.15) is 5.10 Å². The zero-order valence-electron chi connectivity index (χ0n) is 20.9. The molecule has 3 N–H and O–H groups in total. The lowest BCUT2D eigenvalue weighted by Crippen LogP contribution is -2.44. The first kappa shape index (κ1) is 24.3. The number of nitrogens with one attached hydrogen (secondary N) is 3. The molecule has 7 heteroatoms. The highest BCUT2D eigenvalue weighted by atomic mass is 16.2. The third-order valence-electron chi connectivity index (χ3n) is 7.25. The zero-order valence-corrected chi connectivity index (χ0v) is 20.9. The highest BCUT2D eigenvalue weighted by molar-refractivity contribution is 5.94. The molecule has 2 aromatic carbocycles. The van der Waals surface area contributed by atoms with Gasteiger partial charge in [0.2, 0.25) is 5.91 Å². The Morgan fingerprint density at radius 3 is 2.33 bits per heavy atom. The van der Waals surface area contributed by atoms with Gasteiger partial charge in [-0.25, -0.2) is 0 Å². The summed E-state index contributed by atoms with van der Waals surface area (Å²) in [5, 5.41) is 13.1. The maximum Gasteiger partial charge on any atom is 0.251 e. The van der Waals surface area contributed by atoms with Crippen LogP contribution in [0.2, 0.25) is 0 Å². The lowest BCUT2D eigenvalue weighted by molar-refractivity contribution is -0.115. The van der Waals surface area contributed by atoms with Crippen LogP contribution in [0, 0.1) is 0 Å². The van der Waals surface area contributed by atoms with Crippen LogP contribution in [0.1, 0.15) is 66.6 Å². The van der Waals surface area contributed by atoms with Gasteiger partial charge in [-0.3, -0.25) is 19.6 Å². The third kappa shape index (κ3) is 6.21. The number of rotatable bonds is 9. The Labute approximate surface area is 212 Å². The maximum atomic E-state index is 12.6. The van der Waals surface area contributed by atoms with Crippen molar-refractivity contribution in [2.75, 3.05) is 25.0 Å². The monoisotopic (exact) mass is 485 g/mol. The number of hydrogen-bond donors (Lipinski definition) is 3. The van der Waals surface area contributed by atoms with E-state index in [1.807, 2.05) is 54.6 Å². The molecule has 2 aliphatic rings. The fourth-order valence-corrected chi connectivity index (χ4v) is 4.84. The molecule has 5 rings (SSSR count). The average Bonchev–Trinajstić information content (AvgIpc) is 3.67. The third-order valence-corrected chi connectivity index (χ3v) is 7.25. The van der Waals surface area contributed by atoms with Crippen LogP contribution >= 0.6 is 0 Å². The Balaban J connectivity index is 1.11. The molecule has 0 bridgehead atoms. The number of hydrogen-bond acceptors (Lipinski definition) is 4.